The second kappa shape index (κ2) is 11.1. The number of nitrogens with zero attached hydrogens (tertiary/aromatic N) is 1. The first-order chi connectivity index (χ1) is 15.0. The highest BCUT2D eigenvalue weighted by Gasteiger charge is 2.23. The number of hydrogen-bond acceptors (Lipinski definition) is 4. The molecule has 1 fully saturated rings. The van der Waals surface area contributed by atoms with Gasteiger partial charge in [0.2, 0.25) is 5.91 Å². The molecule has 2 aromatic carbocycles. The molecule has 1 unspecified atom stereocenters. The van der Waals surface area contributed by atoms with Gasteiger partial charge in [0.15, 0.2) is 0 Å². The Morgan fingerprint density at radius 2 is 1.74 bits per heavy atom. The van der Waals surface area contributed by atoms with E-state index in [4.69, 9.17) is 5.73 Å². The van der Waals surface area contributed by atoms with Crippen LogP contribution in [0, 0.1) is 5.92 Å². The van der Waals surface area contributed by atoms with Crippen molar-refractivity contribution in [2.75, 3.05) is 31.5 Å². The summed E-state index contributed by atoms with van der Waals surface area (Å²) in [5.41, 5.74) is 6.79. The Balaban J connectivity index is 1.52. The highest BCUT2D eigenvalue weighted by molar-refractivity contribution is 9.10. The van der Waals surface area contributed by atoms with Crippen LogP contribution >= 0.6 is 15.9 Å². The number of amides is 3. The van der Waals surface area contributed by atoms with E-state index in [1.807, 2.05) is 6.07 Å². The number of anilines is 1. The number of primary amides is 1. The van der Waals surface area contributed by atoms with Crippen LogP contribution in [-0.4, -0.2) is 48.8 Å². The number of carbonyl (C=O) groups excluding carboxylic acids is 3. The molecule has 0 saturated carbocycles. The van der Waals surface area contributed by atoms with Crippen molar-refractivity contribution in [2.24, 2.45) is 11.7 Å². The lowest BCUT2D eigenvalue weighted by molar-refractivity contribution is -0.123. The van der Waals surface area contributed by atoms with Gasteiger partial charge in [-0.25, -0.2) is 0 Å². The Hall–Kier alpha value is -2.71. The highest BCUT2D eigenvalue weighted by Crippen LogP contribution is 2.20. The van der Waals surface area contributed by atoms with E-state index in [-0.39, 0.29) is 23.6 Å². The standard InChI is InChI=1S/C23H27BrN4O3/c24-19-10-3-1-8-17(19)23(31)27-20-11-4-2-9-18(20)22(30)26-12-6-14-28-13-5-7-16(15-28)21(25)29/h1-4,8-11,16H,5-7,12-15H2,(H2,25,29)(H,26,30)(H,27,31). The molecule has 0 spiro atoms. The molecule has 1 aliphatic heterocycles. The van der Waals surface area contributed by atoms with Gasteiger partial charge in [0, 0.05) is 17.6 Å². The molecule has 0 aliphatic carbocycles. The minimum absolute atomic E-state index is 0.0801. The van der Waals surface area contributed by atoms with Crippen LogP contribution in [0.5, 0.6) is 0 Å². The fourth-order valence-electron chi connectivity index (χ4n) is 3.72. The Kier molecular flexibility index (Phi) is 8.20. The zero-order chi connectivity index (χ0) is 22.2. The number of benzene rings is 2. The number of halogens is 1. The van der Waals surface area contributed by atoms with Gasteiger partial charge in [0.05, 0.1) is 22.7 Å². The molecule has 3 rings (SSSR count). The van der Waals surface area contributed by atoms with E-state index in [0.29, 0.717) is 34.4 Å². The van der Waals surface area contributed by atoms with E-state index in [9.17, 15) is 14.4 Å². The third-order valence-corrected chi connectivity index (χ3v) is 6.07. The maximum Gasteiger partial charge on any atom is 0.256 e. The van der Waals surface area contributed by atoms with Crippen LogP contribution in [-0.2, 0) is 4.79 Å². The molecule has 0 aromatic heterocycles. The van der Waals surface area contributed by atoms with Gasteiger partial charge in [-0.1, -0.05) is 24.3 Å². The topological polar surface area (TPSA) is 105 Å². The smallest absolute Gasteiger partial charge is 0.256 e. The van der Waals surface area contributed by atoms with E-state index in [2.05, 4.69) is 31.5 Å². The number of nitrogens with one attached hydrogen (secondary N) is 2. The van der Waals surface area contributed by atoms with Crippen LogP contribution < -0.4 is 16.4 Å². The molecule has 1 aliphatic rings. The third-order valence-electron chi connectivity index (χ3n) is 5.38. The van der Waals surface area contributed by atoms with Crippen molar-refractivity contribution >= 4 is 39.3 Å². The first-order valence-corrected chi connectivity index (χ1v) is 11.2. The van der Waals surface area contributed by atoms with Crippen LogP contribution in [0.1, 0.15) is 40.0 Å². The second-order valence-corrected chi connectivity index (χ2v) is 8.49. The summed E-state index contributed by atoms with van der Waals surface area (Å²) in [5, 5.41) is 5.74. The second-order valence-electron chi connectivity index (χ2n) is 7.63. The van der Waals surface area contributed by atoms with Crippen LogP contribution in [0.25, 0.3) is 0 Å². The van der Waals surface area contributed by atoms with Gasteiger partial charge in [-0.15, -0.1) is 0 Å². The molecule has 4 N–H and O–H groups in total. The number of rotatable bonds is 8. The molecule has 3 amide bonds. The Bertz CT molecular complexity index is 950. The maximum absolute atomic E-state index is 12.7. The number of likely N-dealkylation sites (tertiary alicyclic amines) is 1. The summed E-state index contributed by atoms with van der Waals surface area (Å²) in [5.74, 6) is -0.846. The monoisotopic (exact) mass is 486 g/mol. The number of carbonyl (C=O) groups is 3. The van der Waals surface area contributed by atoms with Gasteiger partial charge < -0.3 is 21.3 Å². The molecular weight excluding hydrogens is 460 g/mol. The highest BCUT2D eigenvalue weighted by atomic mass is 79.9. The van der Waals surface area contributed by atoms with Gasteiger partial charge in [0.1, 0.15) is 0 Å². The first-order valence-electron chi connectivity index (χ1n) is 10.4. The molecular formula is C23H27BrN4O3. The van der Waals surface area contributed by atoms with Gasteiger partial charge >= 0.3 is 0 Å². The average Bonchev–Trinajstić information content (AvgIpc) is 2.77. The predicted molar refractivity (Wildman–Crippen MR) is 124 cm³/mol. The van der Waals surface area contributed by atoms with Gasteiger partial charge in [-0.3, -0.25) is 14.4 Å². The summed E-state index contributed by atoms with van der Waals surface area (Å²) in [6.07, 6.45) is 2.58. The molecule has 8 heteroatoms. The molecule has 7 nitrogen and oxygen atoms in total. The summed E-state index contributed by atoms with van der Waals surface area (Å²) in [6.45, 7) is 2.93. The number of nitrogens with two attached hydrogens (primary N) is 1. The van der Waals surface area contributed by atoms with E-state index < -0.39 is 0 Å². The van der Waals surface area contributed by atoms with Crippen LogP contribution in [0.4, 0.5) is 5.69 Å². The first kappa shape index (κ1) is 23.0. The van der Waals surface area contributed by atoms with Crippen LogP contribution in [0.3, 0.4) is 0 Å². The zero-order valence-corrected chi connectivity index (χ0v) is 18.9. The lowest BCUT2D eigenvalue weighted by atomic mass is 9.97. The van der Waals surface area contributed by atoms with Crippen LogP contribution in [0.15, 0.2) is 53.0 Å². The third kappa shape index (κ3) is 6.38. The van der Waals surface area contributed by atoms with E-state index in [1.165, 1.54) is 0 Å². The number of hydrogen-bond donors (Lipinski definition) is 3. The fraction of sp³-hybridized carbons (Fsp3) is 0.348. The predicted octanol–water partition coefficient (Wildman–Crippen LogP) is 3.02. The molecule has 1 saturated heterocycles. The minimum Gasteiger partial charge on any atom is -0.369 e. The molecule has 1 atom stereocenters. The van der Waals surface area contributed by atoms with Crippen LogP contribution in [0.2, 0.25) is 0 Å². The summed E-state index contributed by atoms with van der Waals surface area (Å²) >= 11 is 3.37. The lowest BCUT2D eigenvalue weighted by Crippen LogP contribution is -2.42. The lowest BCUT2D eigenvalue weighted by Gasteiger charge is -2.31. The average molecular weight is 487 g/mol. The van der Waals surface area contributed by atoms with E-state index in [0.717, 1.165) is 32.4 Å². The van der Waals surface area contributed by atoms with Crippen molar-refractivity contribution < 1.29 is 14.4 Å². The summed E-state index contributed by atoms with van der Waals surface area (Å²) in [6, 6.07) is 14.1. The molecule has 2 aromatic rings. The quantitative estimate of drug-likeness (QED) is 0.498. The van der Waals surface area contributed by atoms with Gasteiger partial charge in [-0.2, -0.15) is 0 Å². The van der Waals surface area contributed by atoms with Gasteiger partial charge in [-0.05, 0) is 72.5 Å². The molecule has 31 heavy (non-hydrogen) atoms. The van der Waals surface area contributed by atoms with Crippen molar-refractivity contribution in [2.45, 2.75) is 19.3 Å². The molecule has 0 radical (unpaired) electrons. The zero-order valence-electron chi connectivity index (χ0n) is 17.3. The fourth-order valence-corrected chi connectivity index (χ4v) is 4.18. The SMILES string of the molecule is NC(=O)C1CCCN(CCCNC(=O)c2ccccc2NC(=O)c2ccccc2Br)C1. The Morgan fingerprint density at radius 3 is 2.48 bits per heavy atom. The number of piperidine rings is 1. The molecule has 0 bridgehead atoms. The largest absolute Gasteiger partial charge is 0.369 e. The van der Waals surface area contributed by atoms with Crippen molar-refractivity contribution in [1.29, 1.82) is 0 Å². The molecule has 164 valence electrons. The summed E-state index contributed by atoms with van der Waals surface area (Å²) in [4.78, 5) is 38.9. The Morgan fingerprint density at radius 1 is 1.03 bits per heavy atom. The van der Waals surface area contributed by atoms with E-state index in [1.54, 1.807) is 42.5 Å². The number of para-hydroxylation sites is 1. The minimum atomic E-state index is -0.290. The van der Waals surface area contributed by atoms with E-state index >= 15 is 0 Å². The van der Waals surface area contributed by atoms with Crippen molar-refractivity contribution in [1.82, 2.24) is 10.2 Å². The van der Waals surface area contributed by atoms with Crippen molar-refractivity contribution in [3.63, 3.8) is 0 Å². The Labute approximate surface area is 190 Å². The summed E-state index contributed by atoms with van der Waals surface area (Å²) < 4.78 is 0.686. The summed E-state index contributed by atoms with van der Waals surface area (Å²) in [7, 11) is 0. The van der Waals surface area contributed by atoms with Crippen molar-refractivity contribution in [3.8, 4) is 0 Å². The van der Waals surface area contributed by atoms with Crippen molar-refractivity contribution in [3.05, 3.63) is 64.1 Å². The molecule has 1 heterocycles. The van der Waals surface area contributed by atoms with Gasteiger partial charge in [0.25, 0.3) is 11.8 Å². The maximum atomic E-state index is 12.7. The normalized spacial score (nSPS) is 16.5.